The Morgan fingerprint density at radius 2 is 1.67 bits per heavy atom. The van der Waals surface area contributed by atoms with Gasteiger partial charge in [-0.2, -0.15) is 0 Å². The van der Waals surface area contributed by atoms with Crippen LogP contribution in [-0.2, 0) is 22.1 Å². The van der Waals surface area contributed by atoms with Gasteiger partial charge in [0.2, 0.25) is 5.36 Å². The third kappa shape index (κ3) is 2.07. The zero-order chi connectivity index (χ0) is 12.5. The van der Waals surface area contributed by atoms with Crippen molar-refractivity contribution in [3.63, 3.8) is 0 Å². The lowest BCUT2D eigenvalue weighted by atomic mass is 10.2. The first-order valence-corrected chi connectivity index (χ1v) is 7.09. The molecule has 0 radical (unpaired) electrons. The molecule has 18 heavy (non-hydrogen) atoms. The van der Waals surface area contributed by atoms with E-state index >= 15 is 0 Å². The molecule has 2 fully saturated rings. The number of ether oxygens (including phenoxy) is 2. The normalized spacial score (nSPS) is 21.6. The van der Waals surface area contributed by atoms with Gasteiger partial charge >= 0.3 is 0 Å². The number of rotatable bonds is 1. The third-order valence-electron chi connectivity index (χ3n) is 3.51. The van der Waals surface area contributed by atoms with Crippen molar-refractivity contribution in [3.05, 3.63) is 9.87 Å². The van der Waals surface area contributed by atoms with Crippen LogP contribution < -0.4 is 14.8 Å². The second-order valence-corrected chi connectivity index (χ2v) is 5.37. The Labute approximate surface area is 117 Å². The highest BCUT2D eigenvalue weighted by Crippen LogP contribution is 2.23. The summed E-state index contributed by atoms with van der Waals surface area (Å²) in [6.07, 6.45) is 0. The average Bonchev–Trinajstić information content (AvgIpc) is 2.41. The molecular weight excluding hydrogens is 268 g/mol. The molecule has 98 valence electrons. The fourth-order valence-electron chi connectivity index (χ4n) is 2.52. The fraction of sp³-hybridized carbons (Fsp3) is 0.667. The van der Waals surface area contributed by atoms with Gasteiger partial charge in [0.25, 0.3) is 0 Å². The summed E-state index contributed by atoms with van der Waals surface area (Å²) in [5.41, 5.74) is 1.09. The largest absolute Gasteiger partial charge is 0.771 e. The standard InChI is InChI=1S/C12H16N2O2S2/c17-11-9(13-1-5-15-6-2-13)12(18)10(11)14-3-7-16-8-4-14/h1-8H2. The minimum atomic E-state index is 0.765. The van der Waals surface area contributed by atoms with Crippen molar-refractivity contribution in [2.24, 2.45) is 0 Å². The van der Waals surface area contributed by atoms with E-state index in [1.165, 1.54) is 0 Å². The van der Waals surface area contributed by atoms with Crippen molar-refractivity contribution in [1.82, 2.24) is 4.58 Å². The molecule has 1 aromatic rings. The topological polar surface area (TPSA) is 24.7 Å². The average molecular weight is 284 g/mol. The molecule has 0 atom stereocenters. The Balaban J connectivity index is 1.93. The summed E-state index contributed by atoms with van der Waals surface area (Å²) in [4.78, 5) is 3.20. The molecule has 0 bridgehead atoms. The van der Waals surface area contributed by atoms with Crippen LogP contribution in [0.1, 0.15) is 0 Å². The van der Waals surface area contributed by atoms with Gasteiger partial charge in [-0.25, -0.2) is 4.58 Å². The maximum absolute atomic E-state index is 5.54. The predicted octanol–water partition coefficient (Wildman–Crippen LogP) is -0.164. The van der Waals surface area contributed by atoms with Crippen molar-refractivity contribution in [3.8, 4) is 0 Å². The molecule has 1 aromatic carbocycles. The molecule has 0 saturated carbocycles. The summed E-state index contributed by atoms with van der Waals surface area (Å²) in [7, 11) is 0. The molecule has 0 spiro atoms. The molecule has 0 aromatic heterocycles. The van der Waals surface area contributed by atoms with E-state index in [4.69, 9.17) is 34.3 Å². The predicted molar refractivity (Wildman–Crippen MR) is 74.1 cm³/mol. The molecule has 2 aliphatic rings. The second kappa shape index (κ2) is 5.21. The number of morpholine rings is 2. The highest BCUT2D eigenvalue weighted by atomic mass is 32.1. The minimum absolute atomic E-state index is 0.765. The minimum Gasteiger partial charge on any atom is -0.771 e. The van der Waals surface area contributed by atoms with E-state index in [-0.39, 0.29) is 0 Å². The Morgan fingerprint density at radius 3 is 2.28 bits per heavy atom. The van der Waals surface area contributed by atoms with Crippen molar-refractivity contribution < 1.29 is 9.47 Å². The van der Waals surface area contributed by atoms with Gasteiger partial charge in [-0.3, -0.25) is 0 Å². The molecule has 0 unspecified atom stereocenters. The van der Waals surface area contributed by atoms with Crippen LogP contribution in [0.3, 0.4) is 0 Å². The summed E-state index contributed by atoms with van der Waals surface area (Å²) in [5, 5.41) is 1.09. The summed E-state index contributed by atoms with van der Waals surface area (Å²) >= 11 is 11.1. The molecule has 6 heteroatoms. The molecule has 2 aliphatic heterocycles. The van der Waals surface area contributed by atoms with Crippen LogP contribution in [0, 0.1) is 4.51 Å². The fourth-order valence-corrected chi connectivity index (χ4v) is 3.57. The van der Waals surface area contributed by atoms with Crippen LogP contribution in [0.5, 0.6) is 0 Å². The van der Waals surface area contributed by atoms with E-state index in [2.05, 4.69) is 9.48 Å². The van der Waals surface area contributed by atoms with E-state index in [9.17, 15) is 0 Å². The molecule has 0 N–H and O–H groups in total. The summed E-state index contributed by atoms with van der Waals surface area (Å²) < 4.78 is 13.9. The molecule has 0 amide bonds. The second-order valence-electron chi connectivity index (χ2n) is 4.55. The van der Waals surface area contributed by atoms with E-state index in [0.717, 1.165) is 73.1 Å². The molecule has 2 saturated heterocycles. The summed E-state index contributed by atoms with van der Waals surface area (Å²) in [5.74, 6) is 0. The number of nitrogens with zero attached hydrogens (tertiary/aromatic N) is 2. The van der Waals surface area contributed by atoms with Gasteiger partial charge in [-0.1, -0.05) is 17.1 Å². The van der Waals surface area contributed by atoms with Crippen molar-refractivity contribution in [1.29, 1.82) is 0 Å². The van der Waals surface area contributed by atoms with Crippen LogP contribution in [-0.4, -0.2) is 52.6 Å². The van der Waals surface area contributed by atoms with Crippen molar-refractivity contribution >= 4 is 30.5 Å². The lowest BCUT2D eigenvalue weighted by Crippen LogP contribution is -2.46. The highest BCUT2D eigenvalue weighted by Gasteiger charge is 2.23. The van der Waals surface area contributed by atoms with Crippen LogP contribution in [0.15, 0.2) is 4.90 Å². The van der Waals surface area contributed by atoms with Crippen molar-refractivity contribution in [2.45, 2.75) is 4.90 Å². The monoisotopic (exact) mass is 284 g/mol. The smallest absolute Gasteiger partial charge is 0.203 e. The maximum Gasteiger partial charge on any atom is 0.203 e. The van der Waals surface area contributed by atoms with Gasteiger partial charge in [-0.05, 0) is 0 Å². The lowest BCUT2D eigenvalue weighted by Gasteiger charge is -2.34. The van der Waals surface area contributed by atoms with Gasteiger partial charge in [-0.15, -0.1) is 0 Å². The van der Waals surface area contributed by atoms with Crippen LogP contribution >= 0.6 is 12.2 Å². The van der Waals surface area contributed by atoms with E-state index in [1.807, 2.05) is 0 Å². The van der Waals surface area contributed by atoms with E-state index < -0.39 is 0 Å². The first kappa shape index (κ1) is 12.5. The quantitative estimate of drug-likeness (QED) is 0.405. The number of hydrogen-bond donors (Lipinski definition) is 0. The van der Waals surface area contributed by atoms with Gasteiger partial charge in [0.05, 0.1) is 13.2 Å². The van der Waals surface area contributed by atoms with Crippen LogP contribution in [0.4, 0.5) is 5.69 Å². The van der Waals surface area contributed by atoms with Crippen molar-refractivity contribution in [2.75, 3.05) is 57.5 Å². The Bertz CT molecular complexity index is 520. The molecule has 3 rings (SSSR count). The highest BCUT2D eigenvalue weighted by molar-refractivity contribution is 7.71. The SMILES string of the molecule is S=c1c(N2CCOCC2)c([S-])c1=[N+]1CCOCC1. The first-order chi connectivity index (χ1) is 8.79. The zero-order valence-corrected chi connectivity index (χ0v) is 11.8. The Kier molecular flexibility index (Phi) is 3.61. The summed E-state index contributed by atoms with van der Waals surface area (Å²) in [6, 6.07) is 0. The van der Waals surface area contributed by atoms with Gasteiger partial charge in [0.15, 0.2) is 13.1 Å². The number of hydrogen-bond acceptors (Lipinski definition) is 5. The molecular formula is C12H16N2O2S2. The lowest BCUT2D eigenvalue weighted by molar-refractivity contribution is 0.0958. The first-order valence-electron chi connectivity index (χ1n) is 6.28. The molecule has 2 heterocycles. The van der Waals surface area contributed by atoms with Gasteiger partial charge < -0.3 is 27.0 Å². The Morgan fingerprint density at radius 1 is 1.06 bits per heavy atom. The van der Waals surface area contributed by atoms with E-state index in [0.29, 0.717) is 0 Å². The Hall–Kier alpha value is -0.560. The van der Waals surface area contributed by atoms with Gasteiger partial charge in [0, 0.05) is 18.8 Å². The zero-order valence-electron chi connectivity index (χ0n) is 10.2. The van der Waals surface area contributed by atoms with Gasteiger partial charge in [0.1, 0.15) is 17.7 Å². The number of anilines is 1. The van der Waals surface area contributed by atoms with Crippen LogP contribution in [0.25, 0.3) is 0 Å². The third-order valence-corrected chi connectivity index (χ3v) is 4.29. The molecule has 0 aliphatic carbocycles. The molecule has 4 nitrogen and oxygen atoms in total. The van der Waals surface area contributed by atoms with E-state index in [1.54, 1.807) is 0 Å². The summed E-state index contributed by atoms with van der Waals surface area (Å²) in [6.45, 7) is 6.64. The maximum atomic E-state index is 5.54. The van der Waals surface area contributed by atoms with Crippen LogP contribution in [0.2, 0.25) is 0 Å².